The zero-order valence-corrected chi connectivity index (χ0v) is 10.8. The van der Waals surface area contributed by atoms with Crippen LogP contribution < -0.4 is 5.32 Å². The van der Waals surface area contributed by atoms with Gasteiger partial charge in [-0.15, -0.1) is 0 Å². The van der Waals surface area contributed by atoms with Gasteiger partial charge in [0.2, 0.25) is 0 Å². The third-order valence-electron chi connectivity index (χ3n) is 2.49. The number of nitrogens with one attached hydrogen (secondary N) is 1. The molecule has 0 aliphatic rings. The van der Waals surface area contributed by atoms with E-state index in [1.165, 1.54) is 7.11 Å². The predicted molar refractivity (Wildman–Crippen MR) is 64.5 cm³/mol. The minimum absolute atomic E-state index is 0.299. The molecule has 17 heavy (non-hydrogen) atoms. The van der Waals surface area contributed by atoms with E-state index >= 15 is 0 Å². The fourth-order valence-electron chi connectivity index (χ4n) is 1.50. The molecule has 1 atom stereocenters. The Hall–Kier alpha value is -1.40. The van der Waals surface area contributed by atoms with Crippen LogP contribution in [0.2, 0.25) is 0 Å². The molecule has 1 aromatic rings. The third kappa shape index (κ3) is 3.83. The highest BCUT2D eigenvalue weighted by Gasteiger charge is 2.23. The van der Waals surface area contributed by atoms with Crippen LogP contribution in [0, 0.1) is 0 Å². The van der Waals surface area contributed by atoms with E-state index < -0.39 is 6.04 Å². The van der Waals surface area contributed by atoms with Crippen molar-refractivity contribution in [3.63, 3.8) is 0 Å². The Labute approximate surface area is 102 Å². The number of hydrogen-bond donors (Lipinski definition) is 1. The number of likely N-dealkylation sites (N-methyl/N-ethyl adjacent to an activating group) is 1. The van der Waals surface area contributed by atoms with Crippen LogP contribution in [0.4, 0.5) is 0 Å². The summed E-state index contributed by atoms with van der Waals surface area (Å²) in [5.41, 5.74) is 0.801. The molecule has 1 rings (SSSR count). The lowest BCUT2D eigenvalue weighted by atomic mass is 10.2. The number of imidazole rings is 1. The second-order valence-electron chi connectivity index (χ2n) is 4.14. The van der Waals surface area contributed by atoms with Crippen molar-refractivity contribution in [2.24, 2.45) is 7.05 Å². The minimum atomic E-state index is -0.465. The molecular weight excluding hydrogens is 220 g/mol. The summed E-state index contributed by atoms with van der Waals surface area (Å²) in [7, 11) is 7.21. The second kappa shape index (κ2) is 6.36. The van der Waals surface area contributed by atoms with E-state index in [9.17, 15) is 4.79 Å². The molecule has 0 aliphatic heterocycles. The number of rotatable bonds is 6. The van der Waals surface area contributed by atoms with Crippen LogP contribution in [0.1, 0.15) is 11.7 Å². The fraction of sp³-hybridized carbons (Fsp3) is 0.636. The van der Waals surface area contributed by atoms with Crippen LogP contribution >= 0.6 is 0 Å². The highest BCUT2D eigenvalue weighted by Crippen LogP contribution is 2.12. The van der Waals surface area contributed by atoms with Crippen LogP contribution in [0.3, 0.4) is 0 Å². The number of hydrogen-bond acceptors (Lipinski definition) is 5. The smallest absolute Gasteiger partial charge is 0.329 e. The Morgan fingerprint density at radius 3 is 2.82 bits per heavy atom. The quantitative estimate of drug-likeness (QED) is 0.697. The SMILES string of the molecule is COC(=O)C(NCCN(C)C)c1cncn1C. The van der Waals surface area contributed by atoms with Gasteiger partial charge in [-0.3, -0.25) is 5.32 Å². The van der Waals surface area contributed by atoms with Gasteiger partial charge in [-0.05, 0) is 14.1 Å². The number of aromatic nitrogens is 2. The molecule has 0 aromatic carbocycles. The number of ether oxygens (including phenoxy) is 1. The van der Waals surface area contributed by atoms with Gasteiger partial charge in [-0.2, -0.15) is 0 Å². The van der Waals surface area contributed by atoms with Gasteiger partial charge in [0.1, 0.15) is 6.04 Å². The van der Waals surface area contributed by atoms with Crippen LogP contribution in [-0.4, -0.2) is 54.7 Å². The number of methoxy groups -OCH3 is 1. The lowest BCUT2D eigenvalue weighted by Gasteiger charge is -2.18. The highest BCUT2D eigenvalue weighted by atomic mass is 16.5. The number of aryl methyl sites for hydroxylation is 1. The summed E-state index contributed by atoms with van der Waals surface area (Å²) in [4.78, 5) is 17.8. The Morgan fingerprint density at radius 2 is 2.35 bits per heavy atom. The Bertz CT molecular complexity index is 362. The average molecular weight is 240 g/mol. The van der Waals surface area contributed by atoms with Crippen LogP contribution in [0.5, 0.6) is 0 Å². The maximum atomic E-state index is 11.7. The summed E-state index contributed by atoms with van der Waals surface area (Å²) in [5, 5.41) is 3.17. The van der Waals surface area contributed by atoms with Gasteiger partial charge in [0.05, 0.1) is 25.3 Å². The van der Waals surface area contributed by atoms with Crippen molar-refractivity contribution in [3.8, 4) is 0 Å². The molecule has 0 spiro atoms. The van der Waals surface area contributed by atoms with E-state index in [2.05, 4.69) is 10.3 Å². The van der Waals surface area contributed by atoms with E-state index in [1.54, 1.807) is 12.5 Å². The highest BCUT2D eigenvalue weighted by molar-refractivity contribution is 5.76. The normalized spacial score (nSPS) is 12.8. The van der Waals surface area contributed by atoms with Crippen molar-refractivity contribution < 1.29 is 9.53 Å². The summed E-state index contributed by atoms with van der Waals surface area (Å²) in [6.45, 7) is 1.56. The van der Waals surface area contributed by atoms with Gasteiger partial charge in [0.25, 0.3) is 0 Å². The van der Waals surface area contributed by atoms with E-state index in [0.29, 0.717) is 6.54 Å². The summed E-state index contributed by atoms with van der Waals surface area (Å²) >= 11 is 0. The molecule has 6 heteroatoms. The largest absolute Gasteiger partial charge is 0.468 e. The van der Waals surface area contributed by atoms with Crippen LogP contribution in [0.15, 0.2) is 12.5 Å². The first kappa shape index (κ1) is 13.7. The lowest BCUT2D eigenvalue weighted by molar-refractivity contribution is -0.143. The first-order chi connectivity index (χ1) is 8.06. The van der Waals surface area contributed by atoms with Crippen LogP contribution in [-0.2, 0) is 16.6 Å². The average Bonchev–Trinajstić information content (AvgIpc) is 2.69. The minimum Gasteiger partial charge on any atom is -0.468 e. The first-order valence-electron chi connectivity index (χ1n) is 5.48. The van der Waals surface area contributed by atoms with E-state index in [1.807, 2.05) is 30.6 Å². The molecule has 0 aliphatic carbocycles. The standard InChI is InChI=1S/C11H20N4O2/c1-14(2)6-5-13-10(11(16)17-4)9-7-12-8-15(9)3/h7-8,10,13H,5-6H2,1-4H3. The molecule has 1 heterocycles. The summed E-state index contributed by atoms with van der Waals surface area (Å²) < 4.78 is 6.60. The third-order valence-corrected chi connectivity index (χ3v) is 2.49. The van der Waals surface area contributed by atoms with Crippen molar-refractivity contribution in [1.29, 1.82) is 0 Å². The molecule has 0 bridgehead atoms. The number of carbonyl (C=O) groups is 1. The molecule has 0 fully saturated rings. The van der Waals surface area contributed by atoms with E-state index in [-0.39, 0.29) is 5.97 Å². The monoisotopic (exact) mass is 240 g/mol. The predicted octanol–water partition coefficient (Wildman–Crippen LogP) is -0.215. The molecule has 1 N–H and O–H groups in total. The Morgan fingerprint density at radius 1 is 1.65 bits per heavy atom. The molecule has 6 nitrogen and oxygen atoms in total. The molecule has 96 valence electrons. The van der Waals surface area contributed by atoms with Crippen LogP contribution in [0.25, 0.3) is 0 Å². The molecular formula is C11H20N4O2. The van der Waals surface area contributed by atoms with Gasteiger partial charge in [-0.1, -0.05) is 0 Å². The second-order valence-corrected chi connectivity index (χ2v) is 4.14. The van der Waals surface area contributed by atoms with Crippen molar-refractivity contribution in [3.05, 3.63) is 18.2 Å². The van der Waals surface area contributed by atoms with Gasteiger partial charge >= 0.3 is 5.97 Å². The fourth-order valence-corrected chi connectivity index (χ4v) is 1.50. The topological polar surface area (TPSA) is 59.4 Å². The first-order valence-corrected chi connectivity index (χ1v) is 5.48. The zero-order valence-electron chi connectivity index (χ0n) is 10.8. The molecule has 1 aromatic heterocycles. The van der Waals surface area contributed by atoms with Gasteiger partial charge in [-0.25, -0.2) is 9.78 Å². The Balaban J connectivity index is 2.68. The van der Waals surface area contributed by atoms with Crippen molar-refractivity contribution >= 4 is 5.97 Å². The maximum absolute atomic E-state index is 11.7. The van der Waals surface area contributed by atoms with Crippen molar-refractivity contribution in [2.45, 2.75) is 6.04 Å². The number of nitrogens with zero attached hydrogens (tertiary/aromatic N) is 3. The van der Waals surface area contributed by atoms with E-state index in [4.69, 9.17) is 4.74 Å². The van der Waals surface area contributed by atoms with Crippen molar-refractivity contribution in [1.82, 2.24) is 19.8 Å². The van der Waals surface area contributed by atoms with Gasteiger partial charge < -0.3 is 14.2 Å². The molecule has 0 amide bonds. The molecule has 0 saturated heterocycles. The maximum Gasteiger partial charge on any atom is 0.329 e. The Kier molecular flexibility index (Phi) is 5.11. The zero-order chi connectivity index (χ0) is 12.8. The van der Waals surface area contributed by atoms with Gasteiger partial charge in [0, 0.05) is 20.1 Å². The molecule has 0 saturated carbocycles. The van der Waals surface area contributed by atoms with Gasteiger partial charge in [0.15, 0.2) is 0 Å². The molecule has 0 radical (unpaired) electrons. The number of carbonyl (C=O) groups excluding carboxylic acids is 1. The number of esters is 1. The summed E-state index contributed by atoms with van der Waals surface area (Å²) in [5.74, 6) is -0.299. The van der Waals surface area contributed by atoms with E-state index in [0.717, 1.165) is 12.2 Å². The lowest BCUT2D eigenvalue weighted by Crippen LogP contribution is -2.35. The van der Waals surface area contributed by atoms with Crippen molar-refractivity contribution in [2.75, 3.05) is 34.3 Å². The summed E-state index contributed by atoms with van der Waals surface area (Å²) in [6.07, 6.45) is 3.34. The summed E-state index contributed by atoms with van der Waals surface area (Å²) in [6, 6.07) is -0.465. The molecule has 1 unspecified atom stereocenters.